The zero-order chi connectivity index (χ0) is 15.9. The number of benzene rings is 1. The monoisotopic (exact) mass is 313 g/mol. The van der Waals surface area contributed by atoms with Crippen LogP contribution in [0.25, 0.3) is 16.5 Å². The van der Waals surface area contributed by atoms with E-state index in [4.69, 9.17) is 5.73 Å². The lowest BCUT2D eigenvalue weighted by molar-refractivity contribution is 0.597. The SMILES string of the molecule is C=C(C)c1cncc2c(S(=O)(=O)c3ccccc3)c(N)[nH]c12. The number of sulfone groups is 1. The summed E-state index contributed by atoms with van der Waals surface area (Å²) < 4.78 is 25.7. The van der Waals surface area contributed by atoms with Crippen molar-refractivity contribution in [2.45, 2.75) is 16.7 Å². The van der Waals surface area contributed by atoms with Crippen molar-refractivity contribution in [3.8, 4) is 0 Å². The van der Waals surface area contributed by atoms with Gasteiger partial charge in [0.25, 0.3) is 0 Å². The van der Waals surface area contributed by atoms with E-state index in [1.807, 2.05) is 6.92 Å². The molecular weight excluding hydrogens is 298 g/mol. The van der Waals surface area contributed by atoms with Crippen LogP contribution in [0.5, 0.6) is 0 Å². The number of nitrogens with one attached hydrogen (secondary N) is 1. The van der Waals surface area contributed by atoms with E-state index in [1.54, 1.807) is 36.5 Å². The van der Waals surface area contributed by atoms with Crippen LogP contribution in [0.1, 0.15) is 12.5 Å². The molecule has 0 radical (unpaired) electrons. The highest BCUT2D eigenvalue weighted by atomic mass is 32.2. The Hall–Kier alpha value is -2.60. The summed E-state index contributed by atoms with van der Waals surface area (Å²) in [6, 6.07) is 8.20. The number of anilines is 1. The second kappa shape index (κ2) is 4.99. The quantitative estimate of drug-likeness (QED) is 0.778. The lowest BCUT2D eigenvalue weighted by Crippen LogP contribution is -2.04. The van der Waals surface area contributed by atoms with Crippen LogP contribution < -0.4 is 5.73 Å². The van der Waals surface area contributed by atoms with Gasteiger partial charge in [-0.1, -0.05) is 24.8 Å². The van der Waals surface area contributed by atoms with Gasteiger partial charge >= 0.3 is 0 Å². The Labute approximate surface area is 128 Å². The first-order valence-electron chi connectivity index (χ1n) is 6.64. The first kappa shape index (κ1) is 14.3. The van der Waals surface area contributed by atoms with Crippen LogP contribution in [0.3, 0.4) is 0 Å². The van der Waals surface area contributed by atoms with Crippen LogP contribution in [0.4, 0.5) is 5.82 Å². The van der Waals surface area contributed by atoms with E-state index in [1.165, 1.54) is 6.20 Å². The topological polar surface area (TPSA) is 88.8 Å². The van der Waals surface area contributed by atoms with Crippen LogP contribution in [-0.2, 0) is 9.84 Å². The molecule has 1 aromatic carbocycles. The van der Waals surface area contributed by atoms with Gasteiger partial charge in [0, 0.05) is 23.3 Å². The summed E-state index contributed by atoms with van der Waals surface area (Å²) in [5.41, 5.74) is 8.12. The molecule has 112 valence electrons. The molecule has 6 heteroatoms. The average Bonchev–Trinajstić information content (AvgIpc) is 2.84. The van der Waals surface area contributed by atoms with Gasteiger partial charge in [-0.15, -0.1) is 0 Å². The first-order valence-corrected chi connectivity index (χ1v) is 8.12. The number of rotatable bonds is 3. The minimum Gasteiger partial charge on any atom is -0.384 e. The number of fused-ring (bicyclic) bond motifs is 1. The number of aromatic nitrogens is 2. The fourth-order valence-corrected chi connectivity index (χ4v) is 3.97. The van der Waals surface area contributed by atoms with Gasteiger partial charge in [0.1, 0.15) is 10.7 Å². The zero-order valence-electron chi connectivity index (χ0n) is 12.0. The van der Waals surface area contributed by atoms with Gasteiger partial charge in [-0.05, 0) is 24.6 Å². The van der Waals surface area contributed by atoms with Crippen molar-refractivity contribution >= 4 is 32.1 Å². The molecule has 0 saturated carbocycles. The van der Waals surface area contributed by atoms with Crippen LogP contribution >= 0.6 is 0 Å². The number of nitrogen functional groups attached to an aromatic ring is 1. The van der Waals surface area contributed by atoms with E-state index in [0.29, 0.717) is 10.9 Å². The van der Waals surface area contributed by atoms with Crippen molar-refractivity contribution in [3.05, 3.63) is 54.9 Å². The van der Waals surface area contributed by atoms with Gasteiger partial charge in [-0.3, -0.25) is 4.98 Å². The van der Waals surface area contributed by atoms with E-state index in [0.717, 1.165) is 11.1 Å². The Morgan fingerprint density at radius 3 is 2.55 bits per heavy atom. The van der Waals surface area contributed by atoms with Crippen molar-refractivity contribution in [3.63, 3.8) is 0 Å². The highest BCUT2D eigenvalue weighted by Gasteiger charge is 2.26. The van der Waals surface area contributed by atoms with E-state index >= 15 is 0 Å². The Balaban J connectivity index is 2.36. The molecule has 0 unspecified atom stereocenters. The van der Waals surface area contributed by atoms with Gasteiger partial charge in [-0.2, -0.15) is 0 Å². The van der Waals surface area contributed by atoms with Gasteiger partial charge in [0.15, 0.2) is 0 Å². The number of hydrogen-bond donors (Lipinski definition) is 2. The molecule has 22 heavy (non-hydrogen) atoms. The molecule has 3 N–H and O–H groups in total. The Morgan fingerprint density at radius 2 is 1.91 bits per heavy atom. The van der Waals surface area contributed by atoms with Gasteiger partial charge < -0.3 is 10.7 Å². The average molecular weight is 313 g/mol. The predicted octanol–water partition coefficient (Wildman–Crippen LogP) is 3.01. The van der Waals surface area contributed by atoms with E-state index < -0.39 is 9.84 Å². The molecule has 0 fully saturated rings. The Kier molecular flexibility index (Phi) is 3.26. The van der Waals surface area contributed by atoms with E-state index in [2.05, 4.69) is 16.5 Å². The Bertz CT molecular complexity index is 973. The molecule has 0 bridgehead atoms. The van der Waals surface area contributed by atoms with Crippen molar-refractivity contribution < 1.29 is 8.42 Å². The lowest BCUT2D eigenvalue weighted by Gasteiger charge is -2.05. The van der Waals surface area contributed by atoms with Gasteiger partial charge in [0.05, 0.1) is 10.4 Å². The minimum absolute atomic E-state index is 0.0595. The van der Waals surface area contributed by atoms with Crippen LogP contribution in [-0.4, -0.2) is 18.4 Å². The molecule has 0 atom stereocenters. The van der Waals surface area contributed by atoms with Crippen LogP contribution in [0.15, 0.2) is 59.1 Å². The number of allylic oxidation sites excluding steroid dienone is 1. The maximum atomic E-state index is 12.9. The third kappa shape index (κ3) is 2.08. The molecule has 0 amide bonds. The third-order valence-electron chi connectivity index (χ3n) is 3.48. The number of aromatic amines is 1. The van der Waals surface area contributed by atoms with Crippen LogP contribution in [0, 0.1) is 0 Å². The molecular formula is C16H15N3O2S. The van der Waals surface area contributed by atoms with Gasteiger partial charge in [0.2, 0.25) is 9.84 Å². The second-order valence-corrected chi connectivity index (χ2v) is 6.96. The second-order valence-electron chi connectivity index (χ2n) is 5.07. The fourth-order valence-electron chi connectivity index (χ4n) is 2.43. The predicted molar refractivity (Wildman–Crippen MR) is 87.1 cm³/mol. The minimum atomic E-state index is -3.72. The third-order valence-corrected chi connectivity index (χ3v) is 5.35. The molecule has 2 heterocycles. The lowest BCUT2D eigenvalue weighted by atomic mass is 10.1. The number of nitrogens with zero attached hydrogens (tertiary/aromatic N) is 1. The standard InChI is InChI=1S/C16H15N3O2S/c1-10(2)12-8-18-9-13-14(12)19-16(17)15(13)22(20,21)11-6-4-3-5-7-11/h3-9,19H,1,17H2,2H3. The molecule has 0 aliphatic carbocycles. The zero-order valence-corrected chi connectivity index (χ0v) is 12.8. The molecule has 0 spiro atoms. The smallest absolute Gasteiger partial charge is 0.210 e. The molecule has 0 saturated heterocycles. The molecule has 3 rings (SSSR count). The van der Waals surface area contributed by atoms with Crippen LogP contribution in [0.2, 0.25) is 0 Å². The summed E-state index contributed by atoms with van der Waals surface area (Å²) in [6.07, 6.45) is 3.14. The molecule has 3 aromatic rings. The van der Waals surface area contributed by atoms with Crippen molar-refractivity contribution in [2.24, 2.45) is 0 Å². The van der Waals surface area contributed by atoms with Crippen molar-refractivity contribution in [1.29, 1.82) is 0 Å². The number of hydrogen-bond acceptors (Lipinski definition) is 4. The number of H-pyrrole nitrogens is 1. The molecule has 0 aliphatic rings. The van der Waals surface area contributed by atoms with Gasteiger partial charge in [-0.25, -0.2) is 8.42 Å². The number of pyridine rings is 1. The summed E-state index contributed by atoms with van der Waals surface area (Å²) in [6.45, 7) is 5.72. The summed E-state index contributed by atoms with van der Waals surface area (Å²) >= 11 is 0. The van der Waals surface area contributed by atoms with E-state index in [9.17, 15) is 8.42 Å². The Morgan fingerprint density at radius 1 is 1.23 bits per heavy atom. The summed E-state index contributed by atoms with van der Waals surface area (Å²) in [4.78, 5) is 7.32. The summed E-state index contributed by atoms with van der Waals surface area (Å²) in [7, 11) is -3.72. The molecule has 0 aliphatic heterocycles. The number of nitrogens with two attached hydrogens (primary N) is 1. The largest absolute Gasteiger partial charge is 0.384 e. The maximum Gasteiger partial charge on any atom is 0.210 e. The molecule has 5 nitrogen and oxygen atoms in total. The first-order chi connectivity index (χ1) is 10.4. The summed E-state index contributed by atoms with van der Waals surface area (Å²) in [5.74, 6) is 0.106. The summed E-state index contributed by atoms with van der Waals surface area (Å²) in [5, 5.41) is 0.474. The highest BCUT2D eigenvalue weighted by molar-refractivity contribution is 7.92. The van der Waals surface area contributed by atoms with E-state index in [-0.39, 0.29) is 15.6 Å². The highest BCUT2D eigenvalue weighted by Crippen LogP contribution is 2.35. The fraction of sp³-hybridized carbons (Fsp3) is 0.0625. The maximum absolute atomic E-state index is 12.9. The van der Waals surface area contributed by atoms with Crippen molar-refractivity contribution in [2.75, 3.05) is 5.73 Å². The molecule has 2 aromatic heterocycles. The normalized spacial score (nSPS) is 11.7. The van der Waals surface area contributed by atoms with Crippen molar-refractivity contribution in [1.82, 2.24) is 9.97 Å².